The normalized spacial score (nSPS) is 15.5. The molecular weight excluding hydrogens is 501 g/mol. The first kappa shape index (κ1) is 26.6. The smallest absolute Gasteiger partial charge is 0.410 e. The molecule has 1 atom stereocenters. The van der Waals surface area contributed by atoms with Gasteiger partial charge >= 0.3 is 6.09 Å². The van der Waals surface area contributed by atoms with Crippen molar-refractivity contribution in [1.29, 1.82) is 0 Å². The minimum atomic E-state index is -0.518. The number of likely N-dealkylation sites (tertiary alicyclic amines) is 1. The van der Waals surface area contributed by atoms with E-state index in [1.807, 2.05) is 62.8 Å². The minimum absolute atomic E-state index is 0.127. The summed E-state index contributed by atoms with van der Waals surface area (Å²) in [6.45, 7) is 12.6. The number of amides is 1. The molecule has 0 spiro atoms. The van der Waals surface area contributed by atoms with Gasteiger partial charge < -0.3 is 14.4 Å². The molecule has 0 bridgehead atoms. The molecule has 5 heterocycles. The molecule has 0 saturated carbocycles. The van der Waals surface area contributed by atoms with Crippen LogP contribution in [-0.4, -0.2) is 59.0 Å². The Balaban J connectivity index is 1.38. The molecule has 1 saturated heterocycles. The van der Waals surface area contributed by atoms with Crippen LogP contribution in [0.5, 0.6) is 5.88 Å². The zero-order chi connectivity index (χ0) is 27.9. The summed E-state index contributed by atoms with van der Waals surface area (Å²) in [7, 11) is 0. The van der Waals surface area contributed by atoms with Crippen molar-refractivity contribution in [2.24, 2.45) is 0 Å². The quantitative estimate of drug-likeness (QED) is 0.335. The van der Waals surface area contributed by atoms with E-state index in [0.717, 1.165) is 41.1 Å². The van der Waals surface area contributed by atoms with Crippen molar-refractivity contribution in [2.75, 3.05) is 13.1 Å². The summed E-state index contributed by atoms with van der Waals surface area (Å²) in [4.78, 5) is 22.9. The summed E-state index contributed by atoms with van der Waals surface area (Å²) in [5, 5.41) is 9.02. The lowest BCUT2D eigenvalue weighted by atomic mass is 10.0. The molecule has 0 aliphatic carbocycles. The van der Waals surface area contributed by atoms with Gasteiger partial charge in [0.2, 0.25) is 5.88 Å². The van der Waals surface area contributed by atoms with E-state index in [4.69, 9.17) is 9.47 Å². The molecule has 1 amide bonds. The van der Waals surface area contributed by atoms with Crippen molar-refractivity contribution in [3.05, 3.63) is 59.6 Å². The second kappa shape index (κ2) is 10.3. The van der Waals surface area contributed by atoms with Crippen LogP contribution < -0.4 is 4.74 Å². The predicted molar refractivity (Wildman–Crippen MR) is 143 cm³/mol. The fourth-order valence-electron chi connectivity index (χ4n) is 4.89. The van der Waals surface area contributed by atoms with Gasteiger partial charge in [-0.2, -0.15) is 0 Å². The summed E-state index contributed by atoms with van der Waals surface area (Å²) in [5.41, 5.74) is 4.24. The first-order chi connectivity index (χ1) is 18.5. The largest absolute Gasteiger partial charge is 0.469 e. The number of halogens is 1. The molecule has 5 rings (SSSR count). The minimum Gasteiger partial charge on any atom is -0.469 e. The number of pyridine rings is 2. The monoisotopic (exact) mass is 535 g/mol. The maximum absolute atomic E-state index is 13.4. The van der Waals surface area contributed by atoms with Crippen molar-refractivity contribution >= 4 is 11.7 Å². The Bertz CT molecular complexity index is 1480. The number of fused-ring (bicyclic) bond motifs is 1. The van der Waals surface area contributed by atoms with Gasteiger partial charge in [0.1, 0.15) is 28.9 Å². The van der Waals surface area contributed by atoms with Crippen LogP contribution in [0.2, 0.25) is 0 Å². The molecular formula is C28H34FN7O3. The second-order valence-electron chi connectivity index (χ2n) is 11.0. The highest BCUT2D eigenvalue weighted by Crippen LogP contribution is 2.32. The fourth-order valence-corrected chi connectivity index (χ4v) is 4.89. The number of imidazole rings is 1. The molecule has 0 N–H and O–H groups in total. The van der Waals surface area contributed by atoms with Crippen molar-refractivity contribution < 1.29 is 18.7 Å². The molecule has 11 heteroatoms. The van der Waals surface area contributed by atoms with E-state index in [9.17, 15) is 9.18 Å². The van der Waals surface area contributed by atoms with Gasteiger partial charge in [-0.05, 0) is 72.6 Å². The summed E-state index contributed by atoms with van der Waals surface area (Å²) >= 11 is 0. The third-order valence-electron chi connectivity index (χ3n) is 6.88. The fraction of sp³-hybridized carbons (Fsp3) is 0.464. The van der Waals surface area contributed by atoms with E-state index in [1.54, 1.807) is 17.2 Å². The van der Waals surface area contributed by atoms with E-state index >= 15 is 0 Å². The second-order valence-corrected chi connectivity index (χ2v) is 11.0. The summed E-state index contributed by atoms with van der Waals surface area (Å²) in [6, 6.07) is 7.01. The van der Waals surface area contributed by atoms with Crippen molar-refractivity contribution in [1.82, 2.24) is 34.3 Å². The maximum atomic E-state index is 13.4. The number of ether oxygens (including phenoxy) is 2. The number of aryl methyl sites for hydroxylation is 1. The molecule has 0 unspecified atom stereocenters. The molecule has 0 aromatic carbocycles. The number of hydrogen-bond donors (Lipinski definition) is 0. The van der Waals surface area contributed by atoms with Crippen LogP contribution in [0.4, 0.5) is 9.18 Å². The zero-order valence-electron chi connectivity index (χ0n) is 23.2. The van der Waals surface area contributed by atoms with Crippen molar-refractivity contribution in [2.45, 2.75) is 72.1 Å². The molecule has 206 valence electrons. The van der Waals surface area contributed by atoms with E-state index < -0.39 is 17.5 Å². The lowest BCUT2D eigenvalue weighted by molar-refractivity contribution is 0.0183. The Hall–Kier alpha value is -4.02. The Morgan fingerprint density at radius 1 is 1.10 bits per heavy atom. The molecule has 39 heavy (non-hydrogen) atoms. The van der Waals surface area contributed by atoms with Crippen LogP contribution in [0.15, 0.2) is 36.7 Å². The van der Waals surface area contributed by atoms with Gasteiger partial charge in [-0.25, -0.2) is 18.9 Å². The zero-order valence-corrected chi connectivity index (χ0v) is 23.2. The molecule has 0 radical (unpaired) electrons. The van der Waals surface area contributed by atoms with Gasteiger partial charge in [0, 0.05) is 36.6 Å². The molecule has 1 aliphatic heterocycles. The Morgan fingerprint density at radius 3 is 2.51 bits per heavy atom. The topological polar surface area (TPSA) is 99.7 Å². The maximum Gasteiger partial charge on any atom is 0.410 e. The van der Waals surface area contributed by atoms with E-state index in [-0.39, 0.29) is 12.1 Å². The van der Waals surface area contributed by atoms with Gasteiger partial charge in [0.25, 0.3) is 0 Å². The highest BCUT2D eigenvalue weighted by molar-refractivity contribution is 5.69. The Kier molecular flexibility index (Phi) is 7.00. The number of rotatable bonds is 5. The van der Waals surface area contributed by atoms with Crippen molar-refractivity contribution in [3.63, 3.8) is 0 Å². The average Bonchev–Trinajstić information content (AvgIpc) is 3.46. The summed E-state index contributed by atoms with van der Waals surface area (Å²) in [5.74, 6) is 0.186. The molecule has 10 nitrogen and oxygen atoms in total. The average molecular weight is 536 g/mol. The van der Waals surface area contributed by atoms with Crippen LogP contribution in [-0.2, 0) is 4.74 Å². The lowest BCUT2D eigenvalue weighted by Crippen LogP contribution is -2.42. The summed E-state index contributed by atoms with van der Waals surface area (Å²) < 4.78 is 29.1. The Morgan fingerprint density at radius 2 is 1.85 bits per heavy atom. The van der Waals surface area contributed by atoms with E-state index in [1.165, 1.54) is 12.3 Å². The third kappa shape index (κ3) is 5.57. The molecule has 4 aromatic rings. The predicted octanol–water partition coefficient (Wildman–Crippen LogP) is 5.46. The molecule has 4 aromatic heterocycles. The standard InChI is InChI=1S/C28H34FN7O3/c1-17-15-31-24-13-20(14-25(35(17)24)38-19(3)23-8-7-21(29)16-30-23)26-18(2)36(33-32-26)22-9-11-34(12-10-22)27(37)39-28(4,5)6/h7-8,13-16,19,22H,9-12H2,1-6H3/t19-/m1/s1. The van der Waals surface area contributed by atoms with Gasteiger partial charge in [-0.15, -0.1) is 5.10 Å². The van der Waals surface area contributed by atoms with Gasteiger partial charge in [-0.3, -0.25) is 9.38 Å². The summed E-state index contributed by atoms with van der Waals surface area (Å²) in [6.07, 6.45) is 3.80. The van der Waals surface area contributed by atoms with Gasteiger partial charge in [0.15, 0.2) is 0 Å². The highest BCUT2D eigenvalue weighted by atomic mass is 19.1. The number of carbonyl (C=O) groups is 1. The molecule has 1 aliphatic rings. The van der Waals surface area contributed by atoms with E-state index in [2.05, 4.69) is 20.3 Å². The first-order valence-electron chi connectivity index (χ1n) is 13.2. The number of nitrogens with zero attached hydrogens (tertiary/aromatic N) is 7. The number of piperidine rings is 1. The highest BCUT2D eigenvalue weighted by Gasteiger charge is 2.29. The first-order valence-corrected chi connectivity index (χ1v) is 13.2. The van der Waals surface area contributed by atoms with Crippen molar-refractivity contribution in [3.8, 4) is 17.1 Å². The lowest BCUT2D eigenvalue weighted by Gasteiger charge is -2.33. The SMILES string of the molecule is Cc1c(-c2cc(O[C@H](C)c3ccc(F)cn3)n3c(C)cnc3c2)nnn1C1CCN(C(=O)OC(C)(C)C)CC1. The molecule has 1 fully saturated rings. The van der Waals surface area contributed by atoms with Crippen LogP contribution in [0.1, 0.15) is 69.8 Å². The number of carbonyl (C=O) groups excluding carboxylic acids is 1. The van der Waals surface area contributed by atoms with Crippen LogP contribution in [0, 0.1) is 19.7 Å². The van der Waals surface area contributed by atoms with Gasteiger partial charge in [0.05, 0.1) is 23.6 Å². The third-order valence-corrected chi connectivity index (χ3v) is 6.88. The van der Waals surface area contributed by atoms with Crippen LogP contribution in [0.3, 0.4) is 0 Å². The van der Waals surface area contributed by atoms with Gasteiger partial charge in [-0.1, -0.05) is 5.21 Å². The van der Waals surface area contributed by atoms with E-state index in [0.29, 0.717) is 24.7 Å². The van der Waals surface area contributed by atoms with Crippen LogP contribution >= 0.6 is 0 Å². The van der Waals surface area contributed by atoms with Crippen LogP contribution in [0.25, 0.3) is 16.9 Å². The number of aromatic nitrogens is 6. The number of hydrogen-bond acceptors (Lipinski definition) is 7. The Labute approximate surface area is 226 Å².